The molecule has 2 rings (SSSR count). The van der Waals surface area contributed by atoms with Crippen LogP contribution < -0.4 is 5.30 Å². The molecule has 0 aliphatic rings. The SMILES string of the molecule is C=CC(=O)c1ccc2ccccc2c1P(=O)(O)O. The molecule has 0 saturated heterocycles. The van der Waals surface area contributed by atoms with Crippen LogP contribution in [0.1, 0.15) is 10.4 Å². The van der Waals surface area contributed by atoms with Crippen molar-refractivity contribution in [3.8, 4) is 0 Å². The molecule has 92 valence electrons. The summed E-state index contributed by atoms with van der Waals surface area (Å²) in [5, 5.41) is 0.834. The molecule has 18 heavy (non-hydrogen) atoms. The molecule has 2 aromatic rings. The first-order chi connectivity index (χ1) is 8.45. The maximum Gasteiger partial charge on any atom is 0.357 e. The molecular formula is C13H11O4P. The monoisotopic (exact) mass is 262 g/mol. The highest BCUT2D eigenvalue weighted by Crippen LogP contribution is 2.38. The van der Waals surface area contributed by atoms with E-state index >= 15 is 0 Å². The standard InChI is InChI=1S/C13H11O4P/c1-2-12(14)11-8-7-9-5-3-4-6-10(9)13(11)18(15,16)17/h2-8H,1H2,(H2,15,16,17). The molecule has 0 unspecified atom stereocenters. The van der Waals surface area contributed by atoms with Gasteiger partial charge in [0.25, 0.3) is 0 Å². The average molecular weight is 262 g/mol. The molecule has 0 amide bonds. The lowest BCUT2D eigenvalue weighted by Crippen LogP contribution is -2.16. The Morgan fingerprint density at radius 3 is 2.44 bits per heavy atom. The topological polar surface area (TPSA) is 74.6 Å². The summed E-state index contributed by atoms with van der Waals surface area (Å²) in [5.74, 6) is -0.501. The molecule has 0 fully saturated rings. The number of rotatable bonds is 3. The van der Waals surface area contributed by atoms with Crippen molar-refractivity contribution in [1.82, 2.24) is 0 Å². The Morgan fingerprint density at radius 2 is 1.83 bits per heavy atom. The van der Waals surface area contributed by atoms with Crippen molar-refractivity contribution in [1.29, 1.82) is 0 Å². The van der Waals surface area contributed by atoms with E-state index in [0.717, 1.165) is 6.08 Å². The van der Waals surface area contributed by atoms with Crippen LogP contribution in [0.2, 0.25) is 0 Å². The Morgan fingerprint density at radius 1 is 1.17 bits per heavy atom. The van der Waals surface area contributed by atoms with Gasteiger partial charge in [-0.3, -0.25) is 9.36 Å². The molecule has 0 bridgehead atoms. The van der Waals surface area contributed by atoms with E-state index in [2.05, 4.69) is 6.58 Å². The van der Waals surface area contributed by atoms with E-state index in [1.54, 1.807) is 30.3 Å². The number of hydrogen-bond acceptors (Lipinski definition) is 2. The third kappa shape index (κ3) is 2.14. The van der Waals surface area contributed by atoms with Crippen LogP contribution in [0.15, 0.2) is 49.1 Å². The first-order valence-corrected chi connectivity index (χ1v) is 6.81. The summed E-state index contributed by atoms with van der Waals surface area (Å²) in [6.45, 7) is 3.34. The second-order valence-corrected chi connectivity index (χ2v) is 5.33. The fourth-order valence-electron chi connectivity index (χ4n) is 1.88. The number of fused-ring (bicyclic) bond motifs is 1. The number of hydrogen-bond donors (Lipinski definition) is 2. The summed E-state index contributed by atoms with van der Waals surface area (Å²) < 4.78 is 11.6. The van der Waals surface area contributed by atoms with Crippen LogP contribution in [-0.2, 0) is 4.57 Å². The maximum atomic E-state index is 11.7. The lowest BCUT2D eigenvalue weighted by atomic mass is 10.0. The zero-order valence-electron chi connectivity index (χ0n) is 9.41. The minimum absolute atomic E-state index is 0.00275. The van der Waals surface area contributed by atoms with Gasteiger partial charge in [0.1, 0.15) is 0 Å². The van der Waals surface area contributed by atoms with Crippen LogP contribution in [0.4, 0.5) is 0 Å². The predicted octanol–water partition coefficient (Wildman–Crippen LogP) is 2.01. The quantitative estimate of drug-likeness (QED) is 0.504. The lowest BCUT2D eigenvalue weighted by molar-refractivity contribution is 0.104. The number of carbonyl (C=O) groups is 1. The van der Waals surface area contributed by atoms with E-state index in [9.17, 15) is 19.1 Å². The fraction of sp³-hybridized carbons (Fsp3) is 0. The molecule has 0 radical (unpaired) electrons. The van der Waals surface area contributed by atoms with Crippen molar-refractivity contribution < 1.29 is 19.1 Å². The van der Waals surface area contributed by atoms with Gasteiger partial charge in [0.2, 0.25) is 0 Å². The third-order valence-corrected chi connectivity index (χ3v) is 3.71. The van der Waals surface area contributed by atoms with E-state index in [-0.39, 0.29) is 10.9 Å². The zero-order chi connectivity index (χ0) is 13.3. The summed E-state index contributed by atoms with van der Waals surface area (Å²) in [5.41, 5.74) is -0.00275. The summed E-state index contributed by atoms with van der Waals surface area (Å²) in [4.78, 5) is 30.5. The normalized spacial score (nSPS) is 11.4. The van der Waals surface area contributed by atoms with E-state index in [1.165, 1.54) is 6.07 Å². The maximum absolute atomic E-state index is 11.7. The van der Waals surface area contributed by atoms with Gasteiger partial charge in [-0.1, -0.05) is 36.9 Å². The van der Waals surface area contributed by atoms with Gasteiger partial charge in [-0.2, -0.15) is 0 Å². The van der Waals surface area contributed by atoms with Crippen LogP contribution in [0.25, 0.3) is 10.8 Å². The van der Waals surface area contributed by atoms with Crippen LogP contribution in [0.5, 0.6) is 0 Å². The van der Waals surface area contributed by atoms with Gasteiger partial charge in [0, 0.05) is 5.56 Å². The molecule has 0 heterocycles. The molecular weight excluding hydrogens is 251 g/mol. The summed E-state index contributed by atoms with van der Waals surface area (Å²) in [6, 6.07) is 9.83. The Bertz CT molecular complexity index is 684. The second kappa shape index (κ2) is 4.50. The molecule has 2 N–H and O–H groups in total. The highest BCUT2D eigenvalue weighted by atomic mass is 31.2. The highest BCUT2D eigenvalue weighted by Gasteiger charge is 2.26. The van der Waals surface area contributed by atoms with Crippen LogP contribution in [-0.4, -0.2) is 15.6 Å². The van der Waals surface area contributed by atoms with Gasteiger partial charge in [0.05, 0.1) is 5.30 Å². The van der Waals surface area contributed by atoms with Crippen molar-refractivity contribution >= 4 is 29.5 Å². The number of ketones is 1. The van der Waals surface area contributed by atoms with E-state index in [1.807, 2.05) is 0 Å². The Hall–Kier alpha value is -1.74. The van der Waals surface area contributed by atoms with Crippen LogP contribution >= 0.6 is 7.60 Å². The second-order valence-electron chi connectivity index (χ2n) is 3.80. The molecule has 4 nitrogen and oxygen atoms in total. The summed E-state index contributed by atoms with van der Waals surface area (Å²) in [6.07, 6.45) is 1.04. The van der Waals surface area contributed by atoms with Gasteiger partial charge in [-0.15, -0.1) is 0 Å². The van der Waals surface area contributed by atoms with Crippen LogP contribution in [0, 0.1) is 0 Å². The van der Waals surface area contributed by atoms with Crippen molar-refractivity contribution in [2.24, 2.45) is 0 Å². The smallest absolute Gasteiger partial charge is 0.321 e. The van der Waals surface area contributed by atoms with E-state index < -0.39 is 13.4 Å². The molecule has 5 heteroatoms. The number of allylic oxidation sites excluding steroid dienone is 1. The molecule has 0 atom stereocenters. The van der Waals surface area contributed by atoms with Gasteiger partial charge >= 0.3 is 7.60 Å². The largest absolute Gasteiger partial charge is 0.357 e. The average Bonchev–Trinajstić information content (AvgIpc) is 2.35. The first kappa shape index (κ1) is 12.7. The molecule has 0 aromatic heterocycles. The van der Waals surface area contributed by atoms with Crippen molar-refractivity contribution in [3.05, 3.63) is 54.6 Å². The summed E-state index contributed by atoms with van der Waals surface area (Å²) >= 11 is 0. The van der Waals surface area contributed by atoms with E-state index in [0.29, 0.717) is 10.8 Å². The number of carbonyl (C=O) groups excluding carboxylic acids is 1. The minimum atomic E-state index is -4.54. The van der Waals surface area contributed by atoms with Crippen molar-refractivity contribution in [2.75, 3.05) is 0 Å². The van der Waals surface area contributed by atoms with Crippen LogP contribution in [0.3, 0.4) is 0 Å². The van der Waals surface area contributed by atoms with Gasteiger partial charge in [0.15, 0.2) is 5.78 Å². The Kier molecular flexibility index (Phi) is 3.18. The Balaban J connectivity index is 2.93. The van der Waals surface area contributed by atoms with Gasteiger partial charge in [-0.25, -0.2) is 0 Å². The summed E-state index contributed by atoms with van der Waals surface area (Å²) in [7, 11) is -4.54. The fourth-order valence-corrected chi connectivity index (χ4v) is 2.89. The molecule has 0 saturated carbocycles. The molecule has 0 spiro atoms. The van der Waals surface area contributed by atoms with Crippen molar-refractivity contribution in [3.63, 3.8) is 0 Å². The predicted molar refractivity (Wildman–Crippen MR) is 70.2 cm³/mol. The minimum Gasteiger partial charge on any atom is -0.321 e. The third-order valence-electron chi connectivity index (χ3n) is 2.64. The van der Waals surface area contributed by atoms with E-state index in [4.69, 9.17) is 0 Å². The highest BCUT2D eigenvalue weighted by molar-refractivity contribution is 7.61. The van der Waals surface area contributed by atoms with Crippen molar-refractivity contribution in [2.45, 2.75) is 0 Å². The lowest BCUT2D eigenvalue weighted by Gasteiger charge is -2.12. The number of benzene rings is 2. The zero-order valence-corrected chi connectivity index (χ0v) is 10.3. The molecule has 0 aliphatic carbocycles. The molecule has 0 aliphatic heterocycles. The van der Waals surface area contributed by atoms with Gasteiger partial charge in [-0.05, 0) is 22.9 Å². The Labute approximate surface area is 104 Å². The first-order valence-electron chi connectivity index (χ1n) is 5.20. The molecule has 2 aromatic carbocycles. The van der Waals surface area contributed by atoms with Gasteiger partial charge < -0.3 is 9.79 Å².